The molecule has 5 nitrogen and oxygen atoms in total. The third-order valence-corrected chi connectivity index (χ3v) is 2.57. The van der Waals surface area contributed by atoms with Crippen molar-refractivity contribution in [1.29, 1.82) is 0 Å². The molecule has 2 aromatic heterocycles. The van der Waals surface area contributed by atoms with E-state index < -0.39 is 0 Å². The lowest BCUT2D eigenvalue weighted by atomic mass is 10.4. The van der Waals surface area contributed by atoms with Crippen LogP contribution in [0, 0.1) is 0 Å². The van der Waals surface area contributed by atoms with Crippen molar-refractivity contribution in [2.75, 3.05) is 13.7 Å². The summed E-state index contributed by atoms with van der Waals surface area (Å²) in [6.45, 7) is 1.44. The highest BCUT2D eigenvalue weighted by Crippen LogP contribution is 2.20. The summed E-state index contributed by atoms with van der Waals surface area (Å²) in [6, 6.07) is 0. The Morgan fingerprint density at radius 1 is 1.38 bits per heavy atom. The van der Waals surface area contributed by atoms with Crippen LogP contribution in [0.15, 0.2) is 6.33 Å². The Kier molecular flexibility index (Phi) is 3.58. The first-order valence-electron chi connectivity index (χ1n) is 4.75. The van der Waals surface area contributed by atoms with Crippen LogP contribution in [0.5, 0.6) is 0 Å². The van der Waals surface area contributed by atoms with E-state index in [1.54, 1.807) is 13.4 Å². The highest BCUT2D eigenvalue weighted by Gasteiger charge is 2.10. The van der Waals surface area contributed by atoms with Crippen LogP contribution in [-0.2, 0) is 11.3 Å². The number of ether oxygens (including phenoxy) is 1. The molecule has 86 valence electrons. The van der Waals surface area contributed by atoms with Gasteiger partial charge >= 0.3 is 0 Å². The van der Waals surface area contributed by atoms with E-state index in [-0.39, 0.29) is 10.4 Å². The van der Waals surface area contributed by atoms with Gasteiger partial charge in [-0.3, -0.25) is 0 Å². The molecule has 0 saturated carbocycles. The molecule has 2 heterocycles. The van der Waals surface area contributed by atoms with E-state index in [1.807, 2.05) is 4.57 Å². The van der Waals surface area contributed by atoms with Crippen molar-refractivity contribution in [2.45, 2.75) is 13.0 Å². The number of halogens is 2. The average Bonchev–Trinajstić information content (AvgIpc) is 2.62. The highest BCUT2D eigenvalue weighted by molar-refractivity contribution is 6.35. The summed E-state index contributed by atoms with van der Waals surface area (Å²) in [4.78, 5) is 12.1. The molecule has 0 amide bonds. The van der Waals surface area contributed by atoms with Crippen LogP contribution in [0.4, 0.5) is 0 Å². The van der Waals surface area contributed by atoms with E-state index in [0.29, 0.717) is 17.8 Å². The Labute approximate surface area is 102 Å². The largest absolute Gasteiger partial charge is 0.385 e. The minimum Gasteiger partial charge on any atom is -0.385 e. The molecule has 0 aliphatic carbocycles. The van der Waals surface area contributed by atoms with Crippen molar-refractivity contribution in [3.63, 3.8) is 0 Å². The summed E-state index contributed by atoms with van der Waals surface area (Å²) in [5.41, 5.74) is 1.23. The number of rotatable bonds is 4. The van der Waals surface area contributed by atoms with Gasteiger partial charge in [0.2, 0.25) is 5.28 Å². The first kappa shape index (κ1) is 11.6. The van der Waals surface area contributed by atoms with Gasteiger partial charge in [0.15, 0.2) is 10.8 Å². The number of hydrogen-bond acceptors (Lipinski definition) is 4. The molecule has 0 aliphatic heterocycles. The first-order chi connectivity index (χ1) is 7.72. The number of nitrogens with zero attached hydrogens (tertiary/aromatic N) is 4. The van der Waals surface area contributed by atoms with E-state index in [4.69, 9.17) is 27.9 Å². The molecule has 0 aromatic carbocycles. The van der Waals surface area contributed by atoms with E-state index in [1.165, 1.54) is 0 Å². The maximum absolute atomic E-state index is 5.90. The van der Waals surface area contributed by atoms with Crippen LogP contribution in [0.2, 0.25) is 10.4 Å². The molecule has 0 atom stereocenters. The summed E-state index contributed by atoms with van der Waals surface area (Å²) in [7, 11) is 1.67. The zero-order valence-electron chi connectivity index (χ0n) is 8.65. The standard InChI is InChI=1S/C9H10Cl2N4O/c1-16-4-2-3-15-5-12-6-7(10)13-9(11)14-8(6)15/h5H,2-4H2,1H3. The molecular weight excluding hydrogens is 251 g/mol. The summed E-state index contributed by atoms with van der Waals surface area (Å²) in [5.74, 6) is 0. The van der Waals surface area contributed by atoms with Crippen LogP contribution in [0.3, 0.4) is 0 Å². The van der Waals surface area contributed by atoms with Gasteiger partial charge < -0.3 is 9.30 Å². The van der Waals surface area contributed by atoms with Crippen LogP contribution in [-0.4, -0.2) is 33.2 Å². The number of aromatic nitrogens is 4. The number of fused-ring (bicyclic) bond motifs is 1. The molecule has 2 aromatic rings. The summed E-state index contributed by atoms with van der Waals surface area (Å²) in [6.07, 6.45) is 2.55. The van der Waals surface area contributed by atoms with Gasteiger partial charge in [0.05, 0.1) is 6.33 Å². The second-order valence-corrected chi connectivity index (χ2v) is 3.94. The molecule has 2 rings (SSSR count). The fraction of sp³-hybridized carbons (Fsp3) is 0.444. The second-order valence-electron chi connectivity index (χ2n) is 3.24. The Bertz CT molecular complexity index is 499. The summed E-state index contributed by atoms with van der Waals surface area (Å²) < 4.78 is 6.86. The third kappa shape index (κ3) is 2.26. The van der Waals surface area contributed by atoms with E-state index in [9.17, 15) is 0 Å². The molecule has 0 N–H and O–H groups in total. The molecule has 0 spiro atoms. The summed E-state index contributed by atoms with van der Waals surface area (Å²) >= 11 is 11.6. The maximum atomic E-state index is 5.90. The van der Waals surface area contributed by atoms with Gasteiger partial charge in [-0.2, -0.15) is 4.98 Å². The highest BCUT2D eigenvalue weighted by atomic mass is 35.5. The van der Waals surface area contributed by atoms with Crippen molar-refractivity contribution in [3.05, 3.63) is 16.8 Å². The Morgan fingerprint density at radius 2 is 2.19 bits per heavy atom. The smallest absolute Gasteiger partial charge is 0.225 e. The zero-order valence-corrected chi connectivity index (χ0v) is 10.2. The lowest BCUT2D eigenvalue weighted by Gasteiger charge is -2.02. The van der Waals surface area contributed by atoms with E-state index in [2.05, 4.69) is 15.0 Å². The third-order valence-electron chi connectivity index (χ3n) is 2.14. The van der Waals surface area contributed by atoms with Gasteiger partial charge in [-0.05, 0) is 18.0 Å². The first-order valence-corrected chi connectivity index (χ1v) is 5.51. The zero-order chi connectivity index (χ0) is 11.5. The van der Waals surface area contributed by atoms with Crippen LogP contribution < -0.4 is 0 Å². The number of aryl methyl sites for hydroxylation is 1. The SMILES string of the molecule is COCCCn1cnc2c(Cl)nc(Cl)nc21. The average molecular weight is 261 g/mol. The fourth-order valence-electron chi connectivity index (χ4n) is 1.43. The van der Waals surface area contributed by atoms with Crippen molar-refractivity contribution in [1.82, 2.24) is 19.5 Å². The van der Waals surface area contributed by atoms with Crippen molar-refractivity contribution >= 4 is 34.4 Å². The molecule has 16 heavy (non-hydrogen) atoms. The van der Waals surface area contributed by atoms with Crippen molar-refractivity contribution in [3.8, 4) is 0 Å². The molecule has 0 radical (unpaired) electrons. The predicted octanol–water partition coefficient (Wildman–Crippen LogP) is 2.17. The van der Waals surface area contributed by atoms with Gasteiger partial charge in [-0.1, -0.05) is 11.6 Å². The molecule has 7 heteroatoms. The second kappa shape index (κ2) is 4.95. The Balaban J connectivity index is 2.32. The molecule has 0 aliphatic rings. The normalized spacial score (nSPS) is 11.2. The van der Waals surface area contributed by atoms with Crippen LogP contribution in [0.1, 0.15) is 6.42 Å². The monoisotopic (exact) mass is 260 g/mol. The molecule has 0 saturated heterocycles. The minimum absolute atomic E-state index is 0.131. The van der Waals surface area contributed by atoms with Crippen LogP contribution in [0.25, 0.3) is 11.2 Å². The van der Waals surface area contributed by atoms with Gasteiger partial charge in [-0.25, -0.2) is 9.97 Å². The maximum Gasteiger partial charge on any atom is 0.225 e. The van der Waals surface area contributed by atoms with Gasteiger partial charge in [-0.15, -0.1) is 0 Å². The van der Waals surface area contributed by atoms with Gasteiger partial charge in [0.25, 0.3) is 0 Å². The lowest BCUT2D eigenvalue weighted by molar-refractivity contribution is 0.190. The molecular formula is C9H10Cl2N4O. The van der Waals surface area contributed by atoms with Crippen LogP contribution >= 0.6 is 23.2 Å². The minimum atomic E-state index is 0.131. The number of hydrogen-bond donors (Lipinski definition) is 0. The molecule has 0 unspecified atom stereocenters. The van der Waals surface area contributed by atoms with Gasteiger partial charge in [0, 0.05) is 20.3 Å². The topological polar surface area (TPSA) is 52.8 Å². The van der Waals surface area contributed by atoms with Crippen molar-refractivity contribution < 1.29 is 4.74 Å². The summed E-state index contributed by atoms with van der Waals surface area (Å²) in [5, 5.41) is 0.409. The van der Waals surface area contributed by atoms with Gasteiger partial charge in [0.1, 0.15) is 5.52 Å². The van der Waals surface area contributed by atoms with E-state index >= 15 is 0 Å². The Hall–Kier alpha value is -0.910. The van der Waals surface area contributed by atoms with E-state index in [0.717, 1.165) is 13.0 Å². The van der Waals surface area contributed by atoms with Crippen molar-refractivity contribution in [2.24, 2.45) is 0 Å². The quantitative estimate of drug-likeness (QED) is 0.481. The number of methoxy groups -OCH3 is 1. The fourth-order valence-corrected chi connectivity index (χ4v) is 1.85. The Morgan fingerprint density at radius 3 is 2.94 bits per heavy atom. The lowest BCUT2D eigenvalue weighted by Crippen LogP contribution is -2.01. The molecule has 0 fully saturated rings. The number of imidazole rings is 1. The predicted molar refractivity (Wildman–Crippen MR) is 61.8 cm³/mol. The molecule has 0 bridgehead atoms.